The molecule has 120 valence electrons. The molecule has 0 saturated heterocycles. The molecule has 22 heavy (non-hydrogen) atoms. The number of rotatable bonds is 5. The highest BCUT2D eigenvalue weighted by atomic mass is 32.2. The third-order valence-electron chi connectivity index (χ3n) is 3.04. The second kappa shape index (κ2) is 6.25. The lowest BCUT2D eigenvalue weighted by Gasteiger charge is -2.09. The molecule has 1 aromatic heterocycles. The van der Waals surface area contributed by atoms with E-state index in [0.717, 1.165) is 0 Å². The largest absolute Gasteiger partial charge is 0.288 e. The molecular formula is C13H15F2N3O2S2. The van der Waals surface area contributed by atoms with Crippen molar-refractivity contribution in [1.29, 1.82) is 0 Å². The van der Waals surface area contributed by atoms with Crippen LogP contribution in [0.5, 0.6) is 0 Å². The van der Waals surface area contributed by atoms with Gasteiger partial charge in [0, 0.05) is 17.6 Å². The first-order valence-corrected chi connectivity index (χ1v) is 8.65. The van der Waals surface area contributed by atoms with Crippen LogP contribution in [0.25, 0.3) is 0 Å². The molecule has 0 atom stereocenters. The van der Waals surface area contributed by atoms with E-state index >= 15 is 0 Å². The Morgan fingerprint density at radius 2 is 1.82 bits per heavy atom. The average Bonchev–Trinajstić information content (AvgIpc) is 2.65. The zero-order valence-corrected chi connectivity index (χ0v) is 13.8. The van der Waals surface area contributed by atoms with Crippen molar-refractivity contribution in [2.45, 2.75) is 29.4 Å². The molecule has 5 nitrogen and oxygen atoms in total. The van der Waals surface area contributed by atoms with Crippen LogP contribution in [-0.2, 0) is 17.1 Å². The number of hydrogen-bond donors (Lipinski definition) is 1. The molecule has 2 aromatic rings. The van der Waals surface area contributed by atoms with Gasteiger partial charge in [-0.1, -0.05) is 11.8 Å². The minimum atomic E-state index is -3.78. The summed E-state index contributed by atoms with van der Waals surface area (Å²) in [6.45, 7) is 3.28. The van der Waals surface area contributed by atoms with Crippen LogP contribution in [0.4, 0.5) is 14.5 Å². The Labute approximate surface area is 131 Å². The second-order valence-corrected chi connectivity index (χ2v) is 7.31. The number of nitrogens with zero attached hydrogens (tertiary/aromatic N) is 2. The van der Waals surface area contributed by atoms with Gasteiger partial charge in [0.1, 0.15) is 4.90 Å². The van der Waals surface area contributed by atoms with Crippen LogP contribution in [0.3, 0.4) is 0 Å². The highest BCUT2D eigenvalue weighted by Gasteiger charge is 2.23. The first-order valence-electron chi connectivity index (χ1n) is 6.28. The van der Waals surface area contributed by atoms with Crippen LogP contribution in [0.1, 0.15) is 11.4 Å². The van der Waals surface area contributed by atoms with Gasteiger partial charge in [0.15, 0.2) is 0 Å². The van der Waals surface area contributed by atoms with Crippen molar-refractivity contribution in [3.63, 3.8) is 0 Å². The Hall–Kier alpha value is -1.61. The van der Waals surface area contributed by atoms with Gasteiger partial charge in [-0.25, -0.2) is 8.42 Å². The Balaban J connectivity index is 2.25. The van der Waals surface area contributed by atoms with Gasteiger partial charge in [-0.05, 0) is 38.1 Å². The number of alkyl halides is 2. The summed E-state index contributed by atoms with van der Waals surface area (Å²) in [4.78, 5) is 0.493. The third-order valence-corrected chi connectivity index (χ3v) is 5.40. The fourth-order valence-corrected chi connectivity index (χ4v) is 4.05. The van der Waals surface area contributed by atoms with E-state index in [4.69, 9.17) is 0 Å². The number of sulfonamides is 1. The third kappa shape index (κ3) is 3.58. The predicted molar refractivity (Wildman–Crippen MR) is 81.8 cm³/mol. The summed E-state index contributed by atoms with van der Waals surface area (Å²) in [5.74, 6) is -2.51. The maximum atomic E-state index is 12.4. The SMILES string of the molecule is Cc1nn(C)c(C)c1S(=O)(=O)Nc1ccc(SC(F)F)cc1. The molecule has 0 bridgehead atoms. The maximum absolute atomic E-state index is 12.4. The zero-order valence-electron chi connectivity index (χ0n) is 12.2. The molecule has 0 unspecified atom stereocenters. The van der Waals surface area contributed by atoms with Crippen molar-refractivity contribution in [3.8, 4) is 0 Å². The van der Waals surface area contributed by atoms with Crippen LogP contribution in [0.2, 0.25) is 0 Å². The highest BCUT2D eigenvalue weighted by Crippen LogP contribution is 2.27. The average molecular weight is 347 g/mol. The van der Waals surface area contributed by atoms with Crippen LogP contribution in [0, 0.1) is 13.8 Å². The summed E-state index contributed by atoms with van der Waals surface area (Å²) in [5, 5.41) is 4.08. The first-order chi connectivity index (χ1) is 10.2. The molecular weight excluding hydrogens is 332 g/mol. The van der Waals surface area contributed by atoms with Gasteiger partial charge < -0.3 is 0 Å². The minimum absolute atomic E-state index is 0.126. The molecule has 0 spiro atoms. The van der Waals surface area contributed by atoms with Crippen LogP contribution in [0.15, 0.2) is 34.1 Å². The molecule has 1 N–H and O–H groups in total. The lowest BCUT2D eigenvalue weighted by Crippen LogP contribution is -2.14. The standard InChI is InChI=1S/C13H15F2N3O2S2/c1-8-12(9(2)18(3)16-8)22(19,20)17-10-4-6-11(7-5-10)21-13(14)15/h4-7,13,17H,1-3H3. The van der Waals surface area contributed by atoms with Gasteiger partial charge in [0.2, 0.25) is 0 Å². The first kappa shape index (κ1) is 16.8. The van der Waals surface area contributed by atoms with Gasteiger partial charge in [-0.2, -0.15) is 13.9 Å². The number of aromatic nitrogens is 2. The summed E-state index contributed by atoms with van der Waals surface area (Å²) < 4.78 is 53.3. The molecule has 1 heterocycles. The topological polar surface area (TPSA) is 64.0 Å². The van der Waals surface area contributed by atoms with Crippen molar-refractivity contribution in [3.05, 3.63) is 35.7 Å². The number of nitrogens with one attached hydrogen (secondary N) is 1. The Morgan fingerprint density at radius 3 is 2.27 bits per heavy atom. The maximum Gasteiger partial charge on any atom is 0.288 e. The molecule has 0 saturated carbocycles. The second-order valence-electron chi connectivity index (χ2n) is 4.63. The summed E-state index contributed by atoms with van der Waals surface area (Å²) in [6.07, 6.45) is 0. The molecule has 0 fully saturated rings. The van der Waals surface area contributed by atoms with Crippen LogP contribution < -0.4 is 4.72 Å². The van der Waals surface area contributed by atoms with Crippen molar-refractivity contribution >= 4 is 27.5 Å². The molecule has 2 rings (SSSR count). The Kier molecular flexibility index (Phi) is 4.76. The van der Waals surface area contributed by atoms with E-state index < -0.39 is 15.8 Å². The van der Waals surface area contributed by atoms with Gasteiger partial charge in [0.05, 0.1) is 11.4 Å². The van der Waals surface area contributed by atoms with Crippen LogP contribution in [-0.4, -0.2) is 24.0 Å². The van der Waals surface area contributed by atoms with Crippen molar-refractivity contribution in [2.24, 2.45) is 7.05 Å². The van der Waals surface area contributed by atoms with Gasteiger partial charge >= 0.3 is 0 Å². The highest BCUT2D eigenvalue weighted by molar-refractivity contribution is 7.99. The number of hydrogen-bond acceptors (Lipinski definition) is 4. The number of benzene rings is 1. The number of thioether (sulfide) groups is 1. The molecule has 0 aliphatic carbocycles. The normalized spacial score (nSPS) is 11.9. The Morgan fingerprint density at radius 1 is 1.23 bits per heavy atom. The molecule has 0 aliphatic rings. The number of halogens is 2. The van der Waals surface area contributed by atoms with Crippen LogP contribution >= 0.6 is 11.8 Å². The molecule has 0 amide bonds. The predicted octanol–water partition coefficient (Wildman–Crippen LogP) is 3.15. The molecule has 0 aliphatic heterocycles. The van der Waals surface area contributed by atoms with Gasteiger partial charge in [0.25, 0.3) is 15.8 Å². The zero-order chi connectivity index (χ0) is 16.5. The van der Waals surface area contributed by atoms with E-state index in [-0.39, 0.29) is 4.90 Å². The fraction of sp³-hybridized carbons (Fsp3) is 0.308. The van der Waals surface area contributed by atoms with Gasteiger partial charge in [-0.3, -0.25) is 9.40 Å². The van der Waals surface area contributed by atoms with E-state index in [1.807, 2.05) is 0 Å². The van der Waals surface area contributed by atoms with Crippen molar-refractivity contribution < 1.29 is 17.2 Å². The van der Waals surface area contributed by atoms with Crippen molar-refractivity contribution in [1.82, 2.24) is 9.78 Å². The Bertz CT molecular complexity index is 771. The number of anilines is 1. The van der Waals surface area contributed by atoms with E-state index in [2.05, 4.69) is 9.82 Å². The van der Waals surface area contributed by atoms with E-state index in [1.165, 1.54) is 28.9 Å². The molecule has 0 radical (unpaired) electrons. The minimum Gasteiger partial charge on any atom is -0.280 e. The van der Waals surface area contributed by atoms with E-state index in [9.17, 15) is 17.2 Å². The number of aryl methyl sites for hydroxylation is 2. The summed E-state index contributed by atoms with van der Waals surface area (Å²) in [5.41, 5.74) is 1.23. The lowest BCUT2D eigenvalue weighted by atomic mass is 10.3. The smallest absolute Gasteiger partial charge is 0.280 e. The van der Waals surface area contributed by atoms with Crippen molar-refractivity contribution in [2.75, 3.05) is 4.72 Å². The lowest BCUT2D eigenvalue weighted by molar-refractivity contribution is 0.252. The summed E-state index contributed by atoms with van der Waals surface area (Å²) in [6, 6.07) is 5.78. The summed E-state index contributed by atoms with van der Waals surface area (Å²) in [7, 11) is -2.11. The van der Waals surface area contributed by atoms with E-state index in [1.54, 1.807) is 20.9 Å². The monoisotopic (exact) mass is 347 g/mol. The summed E-state index contributed by atoms with van der Waals surface area (Å²) >= 11 is 0.406. The molecule has 1 aromatic carbocycles. The van der Waals surface area contributed by atoms with Gasteiger partial charge in [-0.15, -0.1) is 0 Å². The molecule has 9 heteroatoms. The fourth-order valence-electron chi connectivity index (χ4n) is 2.05. The van der Waals surface area contributed by atoms with E-state index in [0.29, 0.717) is 33.7 Å². The quantitative estimate of drug-likeness (QED) is 0.844.